The van der Waals surface area contributed by atoms with Gasteiger partial charge in [0.05, 0.1) is 15.0 Å². The van der Waals surface area contributed by atoms with Gasteiger partial charge in [-0.1, -0.05) is 23.2 Å². The zero-order valence-electron chi connectivity index (χ0n) is 11.6. The molecule has 0 aliphatic rings. The first kappa shape index (κ1) is 16.9. The predicted molar refractivity (Wildman–Crippen MR) is 88.3 cm³/mol. The molecule has 0 aliphatic carbocycles. The number of aliphatic imine (C=N–C) groups is 1. The Kier molecular flexibility index (Phi) is 5.31. The van der Waals surface area contributed by atoms with E-state index in [1.807, 2.05) is 0 Å². The van der Waals surface area contributed by atoms with E-state index in [0.717, 1.165) is 12.1 Å². The molecule has 0 aromatic heterocycles. The van der Waals surface area contributed by atoms with Crippen molar-refractivity contribution in [3.63, 3.8) is 0 Å². The molecule has 118 valence electrons. The number of carbonyl (C=O) groups excluding carboxylic acids is 1. The SMILES string of the molecule is O=C(CC=Nc1cc([N+](=O)[O-])ccc1O)c1ccc(Cl)c(Cl)c1. The number of hydrogen-bond donors (Lipinski definition) is 1. The second-order valence-electron chi connectivity index (χ2n) is 4.50. The number of carbonyl (C=O) groups is 1. The molecule has 0 saturated heterocycles. The molecule has 2 aromatic carbocycles. The molecule has 23 heavy (non-hydrogen) atoms. The summed E-state index contributed by atoms with van der Waals surface area (Å²) in [7, 11) is 0. The van der Waals surface area contributed by atoms with Gasteiger partial charge in [0.2, 0.25) is 0 Å². The van der Waals surface area contributed by atoms with Gasteiger partial charge in [-0.3, -0.25) is 19.9 Å². The van der Waals surface area contributed by atoms with E-state index in [1.54, 1.807) is 0 Å². The number of halogens is 2. The van der Waals surface area contributed by atoms with Gasteiger partial charge in [0.25, 0.3) is 5.69 Å². The zero-order valence-corrected chi connectivity index (χ0v) is 13.1. The van der Waals surface area contributed by atoms with Crippen molar-refractivity contribution in [3.8, 4) is 5.75 Å². The van der Waals surface area contributed by atoms with Crippen LogP contribution in [0, 0.1) is 10.1 Å². The molecule has 0 heterocycles. The highest BCUT2D eigenvalue weighted by molar-refractivity contribution is 6.42. The van der Waals surface area contributed by atoms with Crippen molar-refractivity contribution < 1.29 is 14.8 Å². The van der Waals surface area contributed by atoms with Crippen LogP contribution in [0.2, 0.25) is 10.0 Å². The maximum Gasteiger partial charge on any atom is 0.271 e. The Morgan fingerprint density at radius 2 is 1.96 bits per heavy atom. The summed E-state index contributed by atoms with van der Waals surface area (Å²) >= 11 is 11.6. The second kappa shape index (κ2) is 7.21. The van der Waals surface area contributed by atoms with E-state index in [4.69, 9.17) is 23.2 Å². The number of phenols is 1. The minimum atomic E-state index is -0.598. The largest absolute Gasteiger partial charge is 0.506 e. The molecule has 2 aromatic rings. The highest BCUT2D eigenvalue weighted by Gasteiger charge is 2.10. The molecule has 0 fully saturated rings. The number of Topliss-reactive ketones (excluding diaryl/α,β-unsaturated/α-hetero) is 1. The van der Waals surface area contributed by atoms with Crippen molar-refractivity contribution in [1.29, 1.82) is 0 Å². The summed E-state index contributed by atoms with van der Waals surface area (Å²) in [5.41, 5.74) is 0.181. The van der Waals surface area contributed by atoms with Gasteiger partial charge >= 0.3 is 0 Å². The third kappa shape index (κ3) is 4.28. The minimum absolute atomic E-state index is 0.0149. The zero-order chi connectivity index (χ0) is 17.0. The Labute approximate surface area is 141 Å². The Morgan fingerprint density at radius 1 is 1.22 bits per heavy atom. The fourth-order valence-electron chi connectivity index (χ4n) is 1.74. The molecule has 0 radical (unpaired) electrons. The number of phenolic OH excluding ortho intramolecular Hbond substituents is 1. The number of hydrogen-bond acceptors (Lipinski definition) is 5. The molecular formula is C15H10Cl2N2O4. The van der Waals surface area contributed by atoms with Crippen molar-refractivity contribution in [1.82, 2.24) is 0 Å². The fraction of sp³-hybridized carbons (Fsp3) is 0.0667. The summed E-state index contributed by atoms with van der Waals surface area (Å²) in [5, 5.41) is 20.9. The van der Waals surface area contributed by atoms with Gasteiger partial charge in [-0.15, -0.1) is 0 Å². The number of rotatable bonds is 5. The molecule has 6 nitrogen and oxygen atoms in total. The average Bonchev–Trinajstić information content (AvgIpc) is 2.51. The summed E-state index contributed by atoms with van der Waals surface area (Å²) in [4.78, 5) is 26.0. The molecule has 0 saturated carbocycles. The molecule has 0 atom stereocenters. The lowest BCUT2D eigenvalue weighted by Crippen LogP contribution is -1.99. The summed E-state index contributed by atoms with van der Waals surface area (Å²) < 4.78 is 0. The molecule has 0 spiro atoms. The number of nitro benzene ring substituents is 1. The quantitative estimate of drug-likeness (QED) is 0.368. The fourth-order valence-corrected chi connectivity index (χ4v) is 2.04. The monoisotopic (exact) mass is 352 g/mol. The molecule has 8 heteroatoms. The molecule has 0 unspecified atom stereocenters. The van der Waals surface area contributed by atoms with Gasteiger partial charge < -0.3 is 5.11 Å². The number of nitro groups is 1. The maximum atomic E-state index is 12.0. The number of non-ortho nitro benzene ring substituents is 1. The number of aromatic hydroxyl groups is 1. The van der Waals surface area contributed by atoms with E-state index in [1.165, 1.54) is 30.5 Å². The first-order valence-corrected chi connectivity index (χ1v) is 7.12. The first-order chi connectivity index (χ1) is 10.9. The number of benzene rings is 2. The van der Waals surface area contributed by atoms with Gasteiger partial charge in [0, 0.05) is 30.3 Å². The van der Waals surface area contributed by atoms with Crippen LogP contribution in [0.25, 0.3) is 0 Å². The third-order valence-corrected chi connectivity index (χ3v) is 3.66. The Morgan fingerprint density at radius 3 is 2.61 bits per heavy atom. The lowest BCUT2D eigenvalue weighted by atomic mass is 10.1. The Balaban J connectivity index is 2.12. The van der Waals surface area contributed by atoms with Crippen molar-refractivity contribution in [3.05, 3.63) is 62.1 Å². The lowest BCUT2D eigenvalue weighted by molar-refractivity contribution is -0.384. The van der Waals surface area contributed by atoms with Crippen molar-refractivity contribution in [2.45, 2.75) is 6.42 Å². The van der Waals surface area contributed by atoms with Crippen LogP contribution in [0.4, 0.5) is 11.4 Å². The van der Waals surface area contributed by atoms with Gasteiger partial charge in [0.1, 0.15) is 11.4 Å². The Bertz CT molecular complexity index is 806. The molecule has 1 N–H and O–H groups in total. The average molecular weight is 353 g/mol. The van der Waals surface area contributed by atoms with E-state index in [0.29, 0.717) is 10.6 Å². The van der Waals surface area contributed by atoms with Gasteiger partial charge in [-0.25, -0.2) is 0 Å². The molecule has 0 aliphatic heterocycles. The van der Waals surface area contributed by atoms with Crippen LogP contribution in [0.3, 0.4) is 0 Å². The highest BCUT2D eigenvalue weighted by Crippen LogP contribution is 2.30. The highest BCUT2D eigenvalue weighted by atomic mass is 35.5. The van der Waals surface area contributed by atoms with E-state index in [-0.39, 0.29) is 34.4 Å². The topological polar surface area (TPSA) is 92.8 Å². The summed E-state index contributed by atoms with van der Waals surface area (Å²) in [6.45, 7) is 0. The molecule has 0 bridgehead atoms. The van der Waals surface area contributed by atoms with Gasteiger partial charge in [-0.2, -0.15) is 0 Å². The van der Waals surface area contributed by atoms with Crippen LogP contribution in [-0.2, 0) is 0 Å². The van der Waals surface area contributed by atoms with Gasteiger partial charge in [-0.05, 0) is 24.3 Å². The molecular weight excluding hydrogens is 343 g/mol. The van der Waals surface area contributed by atoms with E-state index >= 15 is 0 Å². The number of nitrogens with zero attached hydrogens (tertiary/aromatic N) is 2. The normalized spacial score (nSPS) is 10.9. The minimum Gasteiger partial charge on any atom is -0.506 e. The predicted octanol–water partition coefficient (Wildman–Crippen LogP) is 4.58. The van der Waals surface area contributed by atoms with Gasteiger partial charge in [0.15, 0.2) is 5.78 Å². The van der Waals surface area contributed by atoms with Crippen molar-refractivity contribution in [2.75, 3.05) is 0 Å². The van der Waals surface area contributed by atoms with Crippen molar-refractivity contribution >= 4 is 46.6 Å². The second-order valence-corrected chi connectivity index (χ2v) is 5.31. The third-order valence-electron chi connectivity index (χ3n) is 2.92. The van der Waals surface area contributed by atoms with Crippen molar-refractivity contribution in [2.24, 2.45) is 4.99 Å². The standard InChI is InChI=1S/C15H10Cl2N2O4/c16-11-3-1-9(7-12(11)17)14(20)5-6-18-13-8-10(19(22)23)2-4-15(13)21/h1-4,6-8,21H,5H2. The molecule has 0 amide bonds. The van der Waals surface area contributed by atoms with Crippen LogP contribution in [0.15, 0.2) is 41.4 Å². The van der Waals surface area contributed by atoms with Crippen LogP contribution in [0.1, 0.15) is 16.8 Å². The Hall–Kier alpha value is -2.44. The summed E-state index contributed by atoms with van der Waals surface area (Å²) in [5.74, 6) is -0.467. The summed E-state index contributed by atoms with van der Waals surface area (Å²) in [6, 6.07) is 7.96. The van der Waals surface area contributed by atoms with E-state index in [2.05, 4.69) is 4.99 Å². The lowest BCUT2D eigenvalue weighted by Gasteiger charge is -2.01. The van der Waals surface area contributed by atoms with E-state index in [9.17, 15) is 20.0 Å². The smallest absolute Gasteiger partial charge is 0.271 e. The van der Waals surface area contributed by atoms with Crippen LogP contribution in [0.5, 0.6) is 5.75 Å². The van der Waals surface area contributed by atoms with Crippen LogP contribution >= 0.6 is 23.2 Å². The maximum absolute atomic E-state index is 12.0. The molecule has 2 rings (SSSR count). The summed E-state index contributed by atoms with van der Waals surface area (Å²) in [6.07, 6.45) is 1.21. The first-order valence-electron chi connectivity index (χ1n) is 6.36. The van der Waals surface area contributed by atoms with E-state index < -0.39 is 4.92 Å². The number of ketones is 1. The van der Waals surface area contributed by atoms with Crippen LogP contribution < -0.4 is 0 Å². The van der Waals surface area contributed by atoms with Crippen LogP contribution in [-0.4, -0.2) is 22.0 Å².